The number of halogens is 1. The van der Waals surface area contributed by atoms with Crippen molar-refractivity contribution in [2.45, 2.75) is 6.92 Å². The summed E-state index contributed by atoms with van der Waals surface area (Å²) in [5.41, 5.74) is 0.535. The lowest BCUT2D eigenvalue weighted by molar-refractivity contribution is -0.118. The Kier molecular flexibility index (Phi) is 4.44. The zero-order valence-electron chi connectivity index (χ0n) is 9.16. The summed E-state index contributed by atoms with van der Waals surface area (Å²) in [4.78, 5) is 14.4. The van der Waals surface area contributed by atoms with Gasteiger partial charge in [0, 0.05) is 19.0 Å². The molecule has 86 valence electrons. The Morgan fingerprint density at radius 3 is 3.06 bits per heavy atom. The number of aromatic nitrogens is 1. The molecule has 0 unspecified atom stereocenters. The van der Waals surface area contributed by atoms with Crippen molar-refractivity contribution >= 4 is 12.0 Å². The normalized spacial score (nSPS) is 10.4. The highest BCUT2D eigenvalue weighted by Gasteiger charge is 2.02. The summed E-state index contributed by atoms with van der Waals surface area (Å²) in [7, 11) is 1.46. The zero-order valence-corrected chi connectivity index (χ0v) is 9.16. The van der Waals surface area contributed by atoms with Gasteiger partial charge in [0.2, 0.25) is 11.8 Å². The number of carbonyl (C=O) groups excluding carboxylic acids is 1. The minimum atomic E-state index is -0.431. The highest BCUT2D eigenvalue weighted by atomic mass is 19.1. The topological polar surface area (TPSA) is 51.2 Å². The molecule has 0 aliphatic carbocycles. The number of amides is 1. The summed E-state index contributed by atoms with van der Waals surface area (Å²) in [6.45, 7) is 1.81. The van der Waals surface area contributed by atoms with Crippen molar-refractivity contribution in [1.29, 1.82) is 0 Å². The number of nitrogens with zero attached hydrogens (tertiary/aromatic N) is 1. The Morgan fingerprint density at radius 2 is 2.44 bits per heavy atom. The Labute approximate surface area is 93.1 Å². The van der Waals surface area contributed by atoms with E-state index in [1.54, 1.807) is 12.2 Å². The lowest BCUT2D eigenvalue weighted by Crippen LogP contribution is -2.19. The minimum absolute atomic E-state index is 0.117. The smallest absolute Gasteiger partial charge is 0.220 e. The molecule has 0 atom stereocenters. The number of pyridine rings is 1. The number of hydrogen-bond acceptors (Lipinski definition) is 3. The summed E-state index contributed by atoms with van der Waals surface area (Å²) >= 11 is 0. The molecule has 0 bridgehead atoms. The first kappa shape index (κ1) is 12.2. The Bertz CT molecular complexity index is 405. The molecule has 4 nitrogen and oxygen atoms in total. The van der Waals surface area contributed by atoms with E-state index in [0.29, 0.717) is 18.0 Å². The summed E-state index contributed by atoms with van der Waals surface area (Å²) in [6.07, 6.45) is 4.43. The predicted molar refractivity (Wildman–Crippen MR) is 58.5 cm³/mol. The molecule has 1 aromatic rings. The maximum absolute atomic E-state index is 12.9. The Morgan fingerprint density at radius 1 is 1.69 bits per heavy atom. The standard InChI is InChI=1S/C11H13FN2O2/c1-8(15)13-5-3-4-9-6-10(12)7-14-11(9)16-2/h3-4,6-7H,5H2,1-2H3,(H,13,15). The van der Waals surface area contributed by atoms with Crippen LogP contribution in [0, 0.1) is 5.82 Å². The highest BCUT2D eigenvalue weighted by Crippen LogP contribution is 2.16. The molecular weight excluding hydrogens is 211 g/mol. The van der Waals surface area contributed by atoms with Gasteiger partial charge in [-0.15, -0.1) is 0 Å². The van der Waals surface area contributed by atoms with E-state index in [4.69, 9.17) is 4.74 Å². The van der Waals surface area contributed by atoms with Gasteiger partial charge in [0.05, 0.1) is 13.3 Å². The van der Waals surface area contributed by atoms with E-state index in [1.165, 1.54) is 20.1 Å². The number of ether oxygens (including phenoxy) is 1. The fourth-order valence-electron chi connectivity index (χ4n) is 1.12. The average molecular weight is 224 g/mol. The molecule has 0 aliphatic rings. The summed E-state index contributed by atoms with van der Waals surface area (Å²) < 4.78 is 17.9. The van der Waals surface area contributed by atoms with E-state index >= 15 is 0 Å². The minimum Gasteiger partial charge on any atom is -0.481 e. The third-order valence-electron chi connectivity index (χ3n) is 1.81. The van der Waals surface area contributed by atoms with Crippen molar-refractivity contribution in [1.82, 2.24) is 10.3 Å². The van der Waals surface area contributed by atoms with Gasteiger partial charge >= 0.3 is 0 Å². The van der Waals surface area contributed by atoms with Crippen molar-refractivity contribution in [3.05, 3.63) is 29.7 Å². The van der Waals surface area contributed by atoms with E-state index in [2.05, 4.69) is 10.3 Å². The maximum atomic E-state index is 12.9. The van der Waals surface area contributed by atoms with Crippen LogP contribution < -0.4 is 10.1 Å². The maximum Gasteiger partial charge on any atom is 0.220 e. The van der Waals surface area contributed by atoms with Crippen LogP contribution in [0.2, 0.25) is 0 Å². The fourth-order valence-corrected chi connectivity index (χ4v) is 1.12. The lowest BCUT2D eigenvalue weighted by atomic mass is 10.2. The van der Waals surface area contributed by atoms with E-state index < -0.39 is 5.82 Å². The molecule has 0 spiro atoms. The van der Waals surface area contributed by atoms with Crippen LogP contribution >= 0.6 is 0 Å². The highest BCUT2D eigenvalue weighted by molar-refractivity contribution is 5.73. The molecule has 0 saturated heterocycles. The average Bonchev–Trinajstić information content (AvgIpc) is 2.24. The largest absolute Gasteiger partial charge is 0.481 e. The van der Waals surface area contributed by atoms with E-state index in [9.17, 15) is 9.18 Å². The van der Waals surface area contributed by atoms with Gasteiger partial charge in [-0.3, -0.25) is 4.79 Å². The van der Waals surface area contributed by atoms with E-state index in [-0.39, 0.29) is 5.91 Å². The number of nitrogens with one attached hydrogen (secondary N) is 1. The summed E-state index contributed by atoms with van der Waals surface area (Å²) in [6, 6.07) is 1.32. The number of hydrogen-bond donors (Lipinski definition) is 1. The van der Waals surface area contributed by atoms with Crippen molar-refractivity contribution in [3.8, 4) is 5.88 Å². The van der Waals surface area contributed by atoms with Crippen LogP contribution in [0.1, 0.15) is 12.5 Å². The lowest BCUT2D eigenvalue weighted by Gasteiger charge is -2.02. The Hall–Kier alpha value is -1.91. The molecule has 0 fully saturated rings. The second kappa shape index (κ2) is 5.85. The summed E-state index contributed by atoms with van der Waals surface area (Å²) in [5.74, 6) is -0.200. The van der Waals surface area contributed by atoms with Gasteiger partial charge in [-0.05, 0) is 6.07 Å². The van der Waals surface area contributed by atoms with Crippen LogP contribution in [0.5, 0.6) is 5.88 Å². The molecule has 0 saturated carbocycles. The monoisotopic (exact) mass is 224 g/mol. The van der Waals surface area contributed by atoms with Gasteiger partial charge in [-0.2, -0.15) is 0 Å². The van der Waals surface area contributed by atoms with Crippen LogP contribution in [0.4, 0.5) is 4.39 Å². The second-order valence-corrected chi connectivity index (χ2v) is 3.09. The number of methoxy groups -OCH3 is 1. The van der Waals surface area contributed by atoms with Crippen LogP contribution in [0.3, 0.4) is 0 Å². The quantitative estimate of drug-likeness (QED) is 0.840. The van der Waals surface area contributed by atoms with Crippen molar-refractivity contribution in [2.24, 2.45) is 0 Å². The summed E-state index contributed by atoms with van der Waals surface area (Å²) in [5, 5.41) is 2.59. The molecule has 0 aliphatic heterocycles. The predicted octanol–water partition coefficient (Wildman–Crippen LogP) is 1.38. The van der Waals surface area contributed by atoms with Crippen molar-refractivity contribution in [3.63, 3.8) is 0 Å². The van der Waals surface area contributed by atoms with E-state index in [0.717, 1.165) is 6.20 Å². The zero-order chi connectivity index (χ0) is 12.0. The molecule has 0 radical (unpaired) electrons. The fraction of sp³-hybridized carbons (Fsp3) is 0.273. The number of rotatable bonds is 4. The van der Waals surface area contributed by atoms with Crippen molar-refractivity contribution in [2.75, 3.05) is 13.7 Å². The third kappa shape index (κ3) is 3.68. The van der Waals surface area contributed by atoms with Crippen molar-refractivity contribution < 1.29 is 13.9 Å². The van der Waals surface area contributed by atoms with Crippen LogP contribution in [0.15, 0.2) is 18.3 Å². The van der Waals surface area contributed by atoms with Gasteiger partial charge in [0.25, 0.3) is 0 Å². The van der Waals surface area contributed by atoms with Gasteiger partial charge in [-0.25, -0.2) is 9.37 Å². The van der Waals surface area contributed by atoms with Crippen LogP contribution in [0.25, 0.3) is 6.08 Å². The Balaban J connectivity index is 2.71. The first-order chi connectivity index (χ1) is 7.63. The molecule has 16 heavy (non-hydrogen) atoms. The SMILES string of the molecule is COc1ncc(F)cc1C=CCNC(C)=O. The molecule has 1 amide bonds. The molecule has 1 N–H and O–H groups in total. The van der Waals surface area contributed by atoms with Crippen LogP contribution in [-0.4, -0.2) is 24.5 Å². The van der Waals surface area contributed by atoms with E-state index in [1.807, 2.05) is 0 Å². The van der Waals surface area contributed by atoms with Gasteiger partial charge < -0.3 is 10.1 Å². The molecular formula is C11H13FN2O2. The molecule has 5 heteroatoms. The van der Waals surface area contributed by atoms with Gasteiger partial charge in [-0.1, -0.05) is 12.2 Å². The molecule has 1 rings (SSSR count). The molecule has 1 aromatic heterocycles. The molecule has 1 heterocycles. The first-order valence-electron chi connectivity index (χ1n) is 4.74. The van der Waals surface area contributed by atoms with Crippen LogP contribution in [-0.2, 0) is 4.79 Å². The van der Waals surface area contributed by atoms with Gasteiger partial charge in [0.15, 0.2) is 0 Å². The number of carbonyl (C=O) groups is 1. The first-order valence-corrected chi connectivity index (χ1v) is 4.74. The van der Waals surface area contributed by atoms with Gasteiger partial charge in [0.1, 0.15) is 5.82 Å². The molecule has 0 aromatic carbocycles. The second-order valence-electron chi connectivity index (χ2n) is 3.09. The third-order valence-corrected chi connectivity index (χ3v) is 1.81.